The van der Waals surface area contributed by atoms with Crippen molar-refractivity contribution in [2.45, 2.75) is 0 Å². The summed E-state index contributed by atoms with van der Waals surface area (Å²) in [5.74, 6) is 2.28. The Morgan fingerprint density at radius 1 is 0.941 bits per heavy atom. The summed E-state index contributed by atoms with van der Waals surface area (Å²) >= 11 is 0. The molecule has 94 valence electrons. The molecule has 4 N–H and O–H groups in total. The van der Waals surface area contributed by atoms with Gasteiger partial charge in [-0.1, -0.05) is 18.2 Å². The normalized spacial score (nSPS) is 6.53. The maximum atomic E-state index is 8.56. The van der Waals surface area contributed by atoms with Gasteiger partial charge in [0.15, 0.2) is 0 Å². The molecule has 0 heterocycles. The van der Waals surface area contributed by atoms with Gasteiger partial charge in [0, 0.05) is 17.1 Å². The Hall–Kier alpha value is -2.16. The number of benzene rings is 1. The Kier molecular flexibility index (Phi) is 16.5. The van der Waals surface area contributed by atoms with Crippen molar-refractivity contribution in [2.75, 3.05) is 0 Å². The molecule has 17 heavy (non-hydrogen) atoms. The fourth-order valence-corrected chi connectivity index (χ4v) is 0.521. The molecule has 0 spiro atoms. The summed E-state index contributed by atoms with van der Waals surface area (Å²) in [4.78, 5) is 17.1. The van der Waals surface area contributed by atoms with E-state index >= 15 is 0 Å². The zero-order chi connectivity index (χ0) is 13.0. The minimum atomic E-state index is -1.83. The van der Waals surface area contributed by atoms with Gasteiger partial charge in [0.05, 0.1) is 0 Å². The molecule has 6 nitrogen and oxygen atoms in total. The van der Waals surface area contributed by atoms with Crippen LogP contribution in [0.25, 0.3) is 0 Å². The first-order valence-electron chi connectivity index (χ1n) is 3.71. The van der Waals surface area contributed by atoms with E-state index in [0.29, 0.717) is 0 Å². The van der Waals surface area contributed by atoms with E-state index in [4.69, 9.17) is 36.4 Å². The molecule has 0 aliphatic heterocycles. The minimum Gasteiger partial charge on any atom is -0.450 e. The van der Waals surface area contributed by atoms with Crippen molar-refractivity contribution in [3.05, 3.63) is 42.3 Å². The summed E-state index contributed by atoms with van der Waals surface area (Å²) < 4.78 is 0. The summed E-state index contributed by atoms with van der Waals surface area (Å²) in [7, 11) is 0. The number of carboxylic acid groups (broad SMARTS) is 4. The Bertz CT molecular complexity index is 337. The first-order valence-corrected chi connectivity index (χ1v) is 3.71. The second-order valence-corrected chi connectivity index (χ2v) is 2.06. The molecule has 0 atom stereocenters. The Balaban J connectivity index is -0.000000189. The topological polar surface area (TPSA) is 115 Å². The van der Waals surface area contributed by atoms with Crippen molar-refractivity contribution in [3.63, 3.8) is 0 Å². The molecule has 1 rings (SSSR count). The SMILES string of the molecule is O=C(O)O.O=C(O)O.[C-]#Cc1ccccc1.[Fe]. The maximum absolute atomic E-state index is 8.56. The molecule has 0 aliphatic rings. The van der Waals surface area contributed by atoms with Crippen LogP contribution in [0, 0.1) is 12.3 Å². The number of hydrogen-bond acceptors (Lipinski definition) is 2. The molecule has 0 saturated carbocycles. The summed E-state index contributed by atoms with van der Waals surface area (Å²) in [5, 5.41) is 27.9. The first kappa shape index (κ1) is 20.3. The van der Waals surface area contributed by atoms with E-state index < -0.39 is 12.3 Å². The van der Waals surface area contributed by atoms with E-state index in [1.165, 1.54) is 0 Å². The Morgan fingerprint density at radius 3 is 1.41 bits per heavy atom. The van der Waals surface area contributed by atoms with Crippen molar-refractivity contribution < 1.29 is 47.1 Å². The van der Waals surface area contributed by atoms with Crippen LogP contribution in [0.2, 0.25) is 0 Å². The van der Waals surface area contributed by atoms with Gasteiger partial charge in [0.2, 0.25) is 0 Å². The van der Waals surface area contributed by atoms with Crippen LogP contribution in [0.4, 0.5) is 9.59 Å². The number of hydrogen-bond donors (Lipinski definition) is 4. The third kappa shape index (κ3) is 31.6. The molecule has 0 amide bonds. The third-order valence-corrected chi connectivity index (χ3v) is 0.918. The second-order valence-electron chi connectivity index (χ2n) is 2.06. The average Bonchev–Trinajstić information content (AvgIpc) is 2.17. The molecular formula is C10H9FeO6-. The van der Waals surface area contributed by atoms with E-state index in [2.05, 4.69) is 5.92 Å². The van der Waals surface area contributed by atoms with Gasteiger partial charge in [-0.15, -0.1) is 17.7 Å². The second kappa shape index (κ2) is 13.8. The predicted octanol–water partition coefficient (Wildman–Crippen LogP) is 2.07. The molecule has 0 radical (unpaired) electrons. The van der Waals surface area contributed by atoms with Crippen LogP contribution in [0.1, 0.15) is 5.56 Å². The van der Waals surface area contributed by atoms with E-state index in [1.807, 2.05) is 30.3 Å². The van der Waals surface area contributed by atoms with Crippen LogP contribution < -0.4 is 0 Å². The van der Waals surface area contributed by atoms with Crippen molar-refractivity contribution >= 4 is 12.3 Å². The molecule has 0 aliphatic carbocycles. The predicted molar refractivity (Wildman–Crippen MR) is 54.0 cm³/mol. The summed E-state index contributed by atoms with van der Waals surface area (Å²) in [6.07, 6.45) is 3.03. The number of carbonyl (C=O) groups is 2. The summed E-state index contributed by atoms with van der Waals surface area (Å²) in [6.45, 7) is 0. The minimum absolute atomic E-state index is 0. The van der Waals surface area contributed by atoms with Gasteiger partial charge in [-0.05, 0) is 0 Å². The monoisotopic (exact) mass is 281 g/mol. The summed E-state index contributed by atoms with van der Waals surface area (Å²) in [5.41, 5.74) is 0.826. The average molecular weight is 281 g/mol. The Labute approximate surface area is 108 Å². The fraction of sp³-hybridized carbons (Fsp3) is 0. The van der Waals surface area contributed by atoms with Crippen LogP contribution in [0.3, 0.4) is 0 Å². The quantitative estimate of drug-likeness (QED) is 0.328. The zero-order valence-corrected chi connectivity index (χ0v) is 9.45. The maximum Gasteiger partial charge on any atom is 0.503 e. The Morgan fingerprint density at radius 2 is 1.24 bits per heavy atom. The largest absolute Gasteiger partial charge is 0.503 e. The fourth-order valence-electron chi connectivity index (χ4n) is 0.521. The third-order valence-electron chi connectivity index (χ3n) is 0.918. The van der Waals surface area contributed by atoms with Gasteiger partial charge in [0.25, 0.3) is 0 Å². The van der Waals surface area contributed by atoms with Crippen molar-refractivity contribution in [3.8, 4) is 5.92 Å². The molecule has 7 heteroatoms. The van der Waals surface area contributed by atoms with E-state index in [9.17, 15) is 0 Å². The van der Waals surface area contributed by atoms with Gasteiger partial charge in [-0.3, -0.25) is 5.92 Å². The standard InChI is InChI=1S/C8H5.2CH2O3.Fe/c1-2-8-6-4-3-5-7-8;2*2-1(3)4;/h3-7H;2*(H2,2,3,4);/q-1;;;. The smallest absolute Gasteiger partial charge is 0.450 e. The molecule has 1 aromatic rings. The van der Waals surface area contributed by atoms with E-state index in [1.54, 1.807) is 0 Å². The van der Waals surface area contributed by atoms with Crippen molar-refractivity contribution in [1.29, 1.82) is 0 Å². The van der Waals surface area contributed by atoms with Gasteiger partial charge in [-0.2, -0.15) is 0 Å². The number of rotatable bonds is 0. The molecule has 0 aromatic heterocycles. The molecular weight excluding hydrogens is 272 g/mol. The zero-order valence-electron chi connectivity index (χ0n) is 8.35. The molecule has 0 fully saturated rings. The molecule has 1 aromatic carbocycles. The van der Waals surface area contributed by atoms with Gasteiger partial charge in [0.1, 0.15) is 0 Å². The van der Waals surface area contributed by atoms with Gasteiger partial charge in [-0.25, -0.2) is 9.59 Å². The van der Waals surface area contributed by atoms with E-state index in [0.717, 1.165) is 5.56 Å². The van der Waals surface area contributed by atoms with Crippen molar-refractivity contribution in [1.82, 2.24) is 0 Å². The van der Waals surface area contributed by atoms with Crippen LogP contribution in [0.5, 0.6) is 0 Å². The summed E-state index contributed by atoms with van der Waals surface area (Å²) in [6, 6.07) is 9.37. The van der Waals surface area contributed by atoms with Crippen LogP contribution in [-0.4, -0.2) is 32.7 Å². The van der Waals surface area contributed by atoms with Crippen LogP contribution >= 0.6 is 0 Å². The molecule has 0 unspecified atom stereocenters. The van der Waals surface area contributed by atoms with Crippen LogP contribution in [0.15, 0.2) is 30.3 Å². The first-order chi connectivity index (χ1) is 7.40. The van der Waals surface area contributed by atoms with Crippen molar-refractivity contribution in [2.24, 2.45) is 0 Å². The van der Waals surface area contributed by atoms with Crippen LogP contribution in [-0.2, 0) is 17.1 Å². The van der Waals surface area contributed by atoms with Gasteiger partial charge < -0.3 is 26.8 Å². The van der Waals surface area contributed by atoms with E-state index in [-0.39, 0.29) is 17.1 Å². The molecule has 0 saturated heterocycles. The van der Waals surface area contributed by atoms with Gasteiger partial charge >= 0.3 is 12.3 Å². The molecule has 0 bridgehead atoms.